The first kappa shape index (κ1) is 13.0. The quantitative estimate of drug-likeness (QED) is 0.734. The molecule has 0 aliphatic heterocycles. The molecule has 3 nitrogen and oxygen atoms in total. The fourth-order valence-corrected chi connectivity index (χ4v) is 1.72. The molecule has 3 heteroatoms. The molecule has 0 spiro atoms. The number of phenolic OH excluding ortho intramolecular Hbond substituents is 1. The Morgan fingerprint density at radius 2 is 1.69 bits per heavy atom. The molecule has 1 aromatic carbocycles. The number of aliphatic hydroxyl groups excluding tert-OH is 1. The molecule has 0 aliphatic carbocycles. The van der Waals surface area contributed by atoms with Crippen LogP contribution in [0.3, 0.4) is 0 Å². The van der Waals surface area contributed by atoms with Crippen LogP contribution in [-0.4, -0.2) is 16.8 Å². The van der Waals surface area contributed by atoms with Crippen LogP contribution in [0.25, 0.3) is 0 Å². The Hall–Kier alpha value is -1.06. The van der Waals surface area contributed by atoms with Gasteiger partial charge >= 0.3 is 0 Å². The normalized spacial score (nSPS) is 13.9. The minimum absolute atomic E-state index is 0.0349. The van der Waals surface area contributed by atoms with Crippen LogP contribution < -0.4 is 5.73 Å². The number of hydrogen-bond donors (Lipinski definition) is 3. The molecule has 0 radical (unpaired) electrons. The average Bonchev–Trinajstić information content (AvgIpc) is 2.24. The van der Waals surface area contributed by atoms with Crippen LogP contribution in [0.2, 0.25) is 0 Å². The third kappa shape index (κ3) is 2.36. The summed E-state index contributed by atoms with van der Waals surface area (Å²) in [6.07, 6.45) is 0. The number of aliphatic hydroxyl groups is 1. The fourth-order valence-electron chi connectivity index (χ4n) is 1.72. The van der Waals surface area contributed by atoms with E-state index in [4.69, 9.17) is 5.73 Å². The smallest absolute Gasteiger partial charge is 0.121 e. The van der Waals surface area contributed by atoms with Gasteiger partial charge in [0.1, 0.15) is 5.75 Å². The van der Waals surface area contributed by atoms with Crippen LogP contribution in [0.1, 0.15) is 36.6 Å². The van der Waals surface area contributed by atoms with Gasteiger partial charge in [-0.15, -0.1) is 0 Å². The highest BCUT2D eigenvalue weighted by molar-refractivity contribution is 5.43. The first-order valence-corrected chi connectivity index (χ1v) is 5.46. The van der Waals surface area contributed by atoms with Crippen LogP contribution in [0.15, 0.2) is 12.1 Å². The molecule has 0 unspecified atom stereocenters. The summed E-state index contributed by atoms with van der Waals surface area (Å²) < 4.78 is 0. The van der Waals surface area contributed by atoms with E-state index in [0.717, 1.165) is 16.7 Å². The lowest BCUT2D eigenvalue weighted by atomic mass is 9.81. The van der Waals surface area contributed by atoms with E-state index in [1.54, 1.807) is 0 Å². The van der Waals surface area contributed by atoms with E-state index in [0.29, 0.717) is 5.75 Å². The van der Waals surface area contributed by atoms with E-state index in [-0.39, 0.29) is 18.1 Å². The standard InChI is InChI=1S/C13H21NO2/c1-8-5-10(6-9(2)11(8)16)12(14)13(3,4)7-15/h5-6,12,15-16H,7,14H2,1-4H3/t12-/m1/s1. The molecule has 0 heterocycles. The van der Waals surface area contributed by atoms with Crippen LogP contribution >= 0.6 is 0 Å². The molecular weight excluding hydrogens is 202 g/mol. The molecular formula is C13H21NO2. The van der Waals surface area contributed by atoms with E-state index in [1.165, 1.54) is 0 Å². The summed E-state index contributed by atoms with van der Waals surface area (Å²) in [6, 6.07) is 3.52. The second-order valence-corrected chi connectivity index (χ2v) is 5.13. The zero-order valence-electron chi connectivity index (χ0n) is 10.4. The molecule has 0 bridgehead atoms. The van der Waals surface area contributed by atoms with Crippen molar-refractivity contribution in [2.75, 3.05) is 6.61 Å². The summed E-state index contributed by atoms with van der Waals surface area (Å²) in [5, 5.41) is 19.0. The summed E-state index contributed by atoms with van der Waals surface area (Å²) >= 11 is 0. The Bertz CT molecular complexity index is 363. The molecule has 0 amide bonds. The molecule has 0 aromatic heterocycles. The molecule has 0 saturated carbocycles. The van der Waals surface area contributed by atoms with Crippen LogP contribution in [0.4, 0.5) is 0 Å². The Morgan fingerprint density at radius 3 is 2.06 bits per heavy atom. The Balaban J connectivity index is 3.15. The van der Waals surface area contributed by atoms with Gasteiger partial charge in [-0.2, -0.15) is 0 Å². The van der Waals surface area contributed by atoms with Gasteiger partial charge < -0.3 is 15.9 Å². The van der Waals surface area contributed by atoms with Gasteiger partial charge in [0.05, 0.1) is 0 Å². The lowest BCUT2D eigenvalue weighted by Crippen LogP contribution is -2.32. The molecule has 90 valence electrons. The second kappa shape index (κ2) is 4.44. The topological polar surface area (TPSA) is 66.5 Å². The van der Waals surface area contributed by atoms with Gasteiger partial charge in [0, 0.05) is 18.1 Å². The van der Waals surface area contributed by atoms with E-state index >= 15 is 0 Å². The van der Waals surface area contributed by atoms with Crippen molar-refractivity contribution in [3.05, 3.63) is 28.8 Å². The number of aromatic hydroxyl groups is 1. The largest absolute Gasteiger partial charge is 0.507 e. The van der Waals surface area contributed by atoms with E-state index in [1.807, 2.05) is 39.8 Å². The van der Waals surface area contributed by atoms with Crippen LogP contribution in [-0.2, 0) is 0 Å². The fraction of sp³-hybridized carbons (Fsp3) is 0.538. The predicted octanol–water partition coefficient (Wildman–Crippen LogP) is 2.03. The number of aryl methyl sites for hydroxylation is 2. The van der Waals surface area contributed by atoms with E-state index < -0.39 is 0 Å². The summed E-state index contributed by atoms with van der Waals surface area (Å²) in [5.74, 6) is 0.317. The second-order valence-electron chi connectivity index (χ2n) is 5.13. The third-order valence-electron chi connectivity index (χ3n) is 3.12. The van der Waals surface area contributed by atoms with Gasteiger partial charge in [-0.05, 0) is 30.5 Å². The van der Waals surface area contributed by atoms with E-state index in [9.17, 15) is 10.2 Å². The van der Waals surface area contributed by atoms with Crippen LogP contribution in [0, 0.1) is 19.3 Å². The summed E-state index contributed by atoms with van der Waals surface area (Å²) in [5.41, 5.74) is 8.35. The monoisotopic (exact) mass is 223 g/mol. The maximum absolute atomic E-state index is 9.68. The summed E-state index contributed by atoms with van der Waals surface area (Å²) in [7, 11) is 0. The average molecular weight is 223 g/mol. The summed E-state index contributed by atoms with van der Waals surface area (Å²) in [4.78, 5) is 0. The lowest BCUT2D eigenvalue weighted by molar-refractivity contribution is 0.132. The number of benzene rings is 1. The van der Waals surface area contributed by atoms with Crippen molar-refractivity contribution in [1.29, 1.82) is 0 Å². The van der Waals surface area contributed by atoms with Crippen molar-refractivity contribution in [1.82, 2.24) is 0 Å². The number of hydrogen-bond acceptors (Lipinski definition) is 3. The zero-order chi connectivity index (χ0) is 12.5. The highest BCUT2D eigenvalue weighted by Crippen LogP contribution is 2.33. The van der Waals surface area contributed by atoms with Gasteiger partial charge in [-0.25, -0.2) is 0 Å². The van der Waals surface area contributed by atoms with Crippen molar-refractivity contribution in [2.24, 2.45) is 11.1 Å². The Morgan fingerprint density at radius 1 is 1.25 bits per heavy atom. The van der Waals surface area contributed by atoms with Crippen molar-refractivity contribution in [2.45, 2.75) is 33.7 Å². The highest BCUT2D eigenvalue weighted by atomic mass is 16.3. The molecule has 1 aromatic rings. The number of nitrogens with two attached hydrogens (primary N) is 1. The minimum Gasteiger partial charge on any atom is -0.507 e. The zero-order valence-corrected chi connectivity index (χ0v) is 10.4. The van der Waals surface area contributed by atoms with Gasteiger partial charge in [0.15, 0.2) is 0 Å². The number of rotatable bonds is 3. The molecule has 16 heavy (non-hydrogen) atoms. The van der Waals surface area contributed by atoms with Crippen molar-refractivity contribution in [3.63, 3.8) is 0 Å². The number of phenols is 1. The molecule has 0 aliphatic rings. The first-order valence-electron chi connectivity index (χ1n) is 5.46. The maximum Gasteiger partial charge on any atom is 0.121 e. The lowest BCUT2D eigenvalue weighted by Gasteiger charge is -2.30. The molecule has 0 saturated heterocycles. The van der Waals surface area contributed by atoms with Gasteiger partial charge in [-0.1, -0.05) is 26.0 Å². The molecule has 1 rings (SSSR count). The molecule has 4 N–H and O–H groups in total. The minimum atomic E-state index is -0.365. The highest BCUT2D eigenvalue weighted by Gasteiger charge is 2.27. The predicted molar refractivity (Wildman–Crippen MR) is 65.4 cm³/mol. The third-order valence-corrected chi connectivity index (χ3v) is 3.12. The van der Waals surface area contributed by atoms with Crippen molar-refractivity contribution in [3.8, 4) is 5.75 Å². The molecule has 1 atom stereocenters. The van der Waals surface area contributed by atoms with Gasteiger partial charge in [0.25, 0.3) is 0 Å². The first-order chi connectivity index (χ1) is 7.29. The van der Waals surface area contributed by atoms with E-state index in [2.05, 4.69) is 0 Å². The van der Waals surface area contributed by atoms with Crippen molar-refractivity contribution >= 4 is 0 Å². The van der Waals surface area contributed by atoms with Crippen molar-refractivity contribution < 1.29 is 10.2 Å². The van der Waals surface area contributed by atoms with Crippen LogP contribution in [0.5, 0.6) is 5.75 Å². The molecule has 0 fully saturated rings. The van der Waals surface area contributed by atoms with Gasteiger partial charge in [-0.3, -0.25) is 0 Å². The van der Waals surface area contributed by atoms with Gasteiger partial charge in [0.2, 0.25) is 0 Å². The maximum atomic E-state index is 9.68. The summed E-state index contributed by atoms with van der Waals surface area (Å²) in [6.45, 7) is 7.59. The Kier molecular flexibility index (Phi) is 3.61. The Labute approximate surface area is 96.9 Å². The SMILES string of the molecule is Cc1cc([C@@H](N)C(C)(C)CO)cc(C)c1O.